The lowest BCUT2D eigenvalue weighted by Gasteiger charge is -2.10. The fourth-order valence-electron chi connectivity index (χ4n) is 1.48. The standard InChI is InChI=1S/C12H15ClF2/c1-2-3-5-9(13)8-10-11(14)6-4-7-12(10)15/h4,6-7,9H,2-3,5,8H2,1H3. The van der Waals surface area contributed by atoms with Crippen LogP contribution in [0.2, 0.25) is 0 Å². The molecule has 0 heterocycles. The first-order valence-electron chi connectivity index (χ1n) is 5.22. The van der Waals surface area contributed by atoms with Crippen LogP contribution in [0.1, 0.15) is 31.7 Å². The van der Waals surface area contributed by atoms with Gasteiger partial charge in [0.05, 0.1) is 0 Å². The van der Waals surface area contributed by atoms with E-state index in [2.05, 4.69) is 6.92 Å². The zero-order valence-corrected chi connectivity index (χ0v) is 9.53. The predicted molar refractivity (Wildman–Crippen MR) is 59.2 cm³/mol. The van der Waals surface area contributed by atoms with Gasteiger partial charge in [0.2, 0.25) is 0 Å². The molecule has 3 heteroatoms. The molecule has 84 valence electrons. The van der Waals surface area contributed by atoms with E-state index in [0.29, 0.717) is 0 Å². The van der Waals surface area contributed by atoms with Gasteiger partial charge in [0.1, 0.15) is 11.6 Å². The number of unbranched alkanes of at least 4 members (excludes halogenated alkanes) is 1. The molecule has 1 unspecified atom stereocenters. The maximum Gasteiger partial charge on any atom is 0.129 e. The maximum absolute atomic E-state index is 13.2. The molecule has 0 saturated carbocycles. The van der Waals surface area contributed by atoms with Gasteiger partial charge in [-0.05, 0) is 25.0 Å². The molecule has 0 aliphatic carbocycles. The molecule has 1 aromatic carbocycles. The number of halogens is 3. The van der Waals surface area contributed by atoms with Gasteiger partial charge in [0.25, 0.3) is 0 Å². The Morgan fingerprint density at radius 2 is 1.87 bits per heavy atom. The van der Waals surface area contributed by atoms with E-state index in [0.717, 1.165) is 19.3 Å². The third-order valence-corrected chi connectivity index (χ3v) is 2.73. The zero-order chi connectivity index (χ0) is 11.3. The van der Waals surface area contributed by atoms with Crippen molar-refractivity contribution in [1.29, 1.82) is 0 Å². The van der Waals surface area contributed by atoms with Crippen LogP contribution in [0.3, 0.4) is 0 Å². The first-order valence-corrected chi connectivity index (χ1v) is 5.65. The monoisotopic (exact) mass is 232 g/mol. The number of rotatable bonds is 5. The van der Waals surface area contributed by atoms with Gasteiger partial charge in [-0.3, -0.25) is 0 Å². The van der Waals surface area contributed by atoms with E-state index in [1.807, 2.05) is 0 Å². The van der Waals surface area contributed by atoms with E-state index in [4.69, 9.17) is 11.6 Å². The van der Waals surface area contributed by atoms with Crippen LogP contribution >= 0.6 is 11.6 Å². The Hall–Kier alpha value is -0.630. The SMILES string of the molecule is CCCCC(Cl)Cc1c(F)cccc1F. The first-order chi connectivity index (χ1) is 7.15. The smallest absolute Gasteiger partial charge is 0.129 e. The highest BCUT2D eigenvalue weighted by Crippen LogP contribution is 2.19. The molecule has 0 fully saturated rings. The first kappa shape index (κ1) is 12.4. The second-order valence-corrected chi connectivity index (χ2v) is 4.26. The van der Waals surface area contributed by atoms with Crippen molar-refractivity contribution in [3.8, 4) is 0 Å². The summed E-state index contributed by atoms with van der Waals surface area (Å²) in [6, 6.07) is 3.90. The number of benzene rings is 1. The molecule has 0 radical (unpaired) electrons. The Morgan fingerprint density at radius 1 is 1.27 bits per heavy atom. The summed E-state index contributed by atoms with van der Waals surface area (Å²) in [6.45, 7) is 2.06. The minimum Gasteiger partial charge on any atom is -0.207 e. The molecule has 0 N–H and O–H groups in total. The fourth-order valence-corrected chi connectivity index (χ4v) is 1.79. The molecule has 0 amide bonds. The molecule has 0 bridgehead atoms. The van der Waals surface area contributed by atoms with E-state index >= 15 is 0 Å². The summed E-state index contributed by atoms with van der Waals surface area (Å²) < 4.78 is 26.5. The van der Waals surface area contributed by atoms with Crippen LogP contribution in [0, 0.1) is 11.6 Å². The van der Waals surface area contributed by atoms with Crippen molar-refractivity contribution in [2.24, 2.45) is 0 Å². The normalized spacial score (nSPS) is 12.8. The van der Waals surface area contributed by atoms with Crippen molar-refractivity contribution >= 4 is 11.6 Å². The Morgan fingerprint density at radius 3 is 2.40 bits per heavy atom. The van der Waals surface area contributed by atoms with Crippen LogP contribution in [0.15, 0.2) is 18.2 Å². The van der Waals surface area contributed by atoms with Crippen LogP contribution in [0.4, 0.5) is 8.78 Å². The van der Waals surface area contributed by atoms with Crippen molar-refractivity contribution < 1.29 is 8.78 Å². The molecular weight excluding hydrogens is 218 g/mol. The van der Waals surface area contributed by atoms with Gasteiger partial charge < -0.3 is 0 Å². The van der Waals surface area contributed by atoms with Gasteiger partial charge >= 0.3 is 0 Å². The second kappa shape index (κ2) is 6.06. The molecule has 0 aliphatic rings. The van der Waals surface area contributed by atoms with Crippen LogP contribution in [0.25, 0.3) is 0 Å². The third kappa shape index (κ3) is 3.78. The minimum atomic E-state index is -0.503. The van der Waals surface area contributed by atoms with Gasteiger partial charge in [-0.2, -0.15) is 0 Å². The molecule has 0 nitrogen and oxygen atoms in total. The number of hydrogen-bond donors (Lipinski definition) is 0. The molecule has 1 atom stereocenters. The topological polar surface area (TPSA) is 0 Å². The highest BCUT2D eigenvalue weighted by atomic mass is 35.5. The molecule has 1 aromatic rings. The van der Waals surface area contributed by atoms with E-state index in [1.54, 1.807) is 0 Å². The van der Waals surface area contributed by atoms with E-state index < -0.39 is 11.6 Å². The van der Waals surface area contributed by atoms with Crippen LogP contribution in [-0.2, 0) is 6.42 Å². The average molecular weight is 233 g/mol. The van der Waals surface area contributed by atoms with Gasteiger partial charge in [-0.1, -0.05) is 25.8 Å². The van der Waals surface area contributed by atoms with Gasteiger partial charge in [-0.25, -0.2) is 8.78 Å². The van der Waals surface area contributed by atoms with Crippen molar-refractivity contribution in [2.75, 3.05) is 0 Å². The summed E-state index contributed by atoms with van der Waals surface area (Å²) in [7, 11) is 0. The highest BCUT2D eigenvalue weighted by molar-refractivity contribution is 6.20. The lowest BCUT2D eigenvalue weighted by atomic mass is 10.0. The van der Waals surface area contributed by atoms with Crippen molar-refractivity contribution in [3.05, 3.63) is 35.4 Å². The van der Waals surface area contributed by atoms with Gasteiger partial charge in [0.15, 0.2) is 0 Å². The summed E-state index contributed by atoms with van der Waals surface area (Å²) >= 11 is 6.00. The molecule has 0 aliphatic heterocycles. The van der Waals surface area contributed by atoms with E-state index in [1.165, 1.54) is 18.2 Å². The number of alkyl halides is 1. The third-order valence-electron chi connectivity index (χ3n) is 2.36. The Balaban J connectivity index is 2.63. The van der Waals surface area contributed by atoms with Gasteiger partial charge in [-0.15, -0.1) is 11.6 Å². The molecule has 0 saturated heterocycles. The Bertz CT molecular complexity index is 292. The zero-order valence-electron chi connectivity index (χ0n) is 8.77. The van der Waals surface area contributed by atoms with E-state index in [-0.39, 0.29) is 17.4 Å². The van der Waals surface area contributed by atoms with Crippen molar-refractivity contribution in [3.63, 3.8) is 0 Å². The minimum absolute atomic E-state index is 0.105. The van der Waals surface area contributed by atoms with Crippen LogP contribution in [-0.4, -0.2) is 5.38 Å². The Labute approximate surface area is 94.3 Å². The lowest BCUT2D eigenvalue weighted by Crippen LogP contribution is -2.07. The van der Waals surface area contributed by atoms with Crippen LogP contribution < -0.4 is 0 Å². The summed E-state index contributed by atoms with van der Waals surface area (Å²) in [5, 5.41) is -0.184. The van der Waals surface area contributed by atoms with Gasteiger partial charge in [0, 0.05) is 10.9 Å². The highest BCUT2D eigenvalue weighted by Gasteiger charge is 2.13. The summed E-state index contributed by atoms with van der Waals surface area (Å²) in [6.07, 6.45) is 3.10. The summed E-state index contributed by atoms with van der Waals surface area (Å²) in [4.78, 5) is 0. The Kier molecular flexibility index (Phi) is 5.03. The molecule has 0 spiro atoms. The molecule has 0 aromatic heterocycles. The summed E-state index contributed by atoms with van der Waals surface area (Å²) in [5.41, 5.74) is 0.105. The second-order valence-electron chi connectivity index (χ2n) is 3.64. The fraction of sp³-hybridized carbons (Fsp3) is 0.500. The lowest BCUT2D eigenvalue weighted by molar-refractivity contribution is 0.544. The molecule has 15 heavy (non-hydrogen) atoms. The summed E-state index contributed by atoms with van der Waals surface area (Å²) in [5.74, 6) is -1.01. The predicted octanol–water partition coefficient (Wildman–Crippen LogP) is 4.30. The molecule has 1 rings (SSSR count). The van der Waals surface area contributed by atoms with Crippen molar-refractivity contribution in [1.82, 2.24) is 0 Å². The molecular formula is C12H15ClF2. The quantitative estimate of drug-likeness (QED) is 0.664. The van der Waals surface area contributed by atoms with Crippen LogP contribution in [0.5, 0.6) is 0 Å². The van der Waals surface area contributed by atoms with Crippen molar-refractivity contribution in [2.45, 2.75) is 38.0 Å². The maximum atomic E-state index is 13.2. The largest absolute Gasteiger partial charge is 0.207 e. The van der Waals surface area contributed by atoms with E-state index in [9.17, 15) is 8.78 Å². The average Bonchev–Trinajstić information content (AvgIpc) is 2.21. The number of hydrogen-bond acceptors (Lipinski definition) is 0.